The van der Waals surface area contributed by atoms with Crippen LogP contribution in [0.4, 0.5) is 0 Å². The molecule has 1 rings (SSSR count). The number of carbonyl (C=O) groups is 2. The first-order valence-corrected chi connectivity index (χ1v) is 5.79. The molecule has 0 aliphatic rings. The summed E-state index contributed by atoms with van der Waals surface area (Å²) in [6.45, 7) is 2.39. The van der Waals surface area contributed by atoms with E-state index in [0.717, 1.165) is 11.1 Å². The summed E-state index contributed by atoms with van der Waals surface area (Å²) in [5.74, 6) is -1.21. The quantitative estimate of drug-likeness (QED) is 0.663. The predicted octanol–water partition coefficient (Wildman–Crippen LogP) is 0.667. The van der Waals surface area contributed by atoms with Gasteiger partial charge in [-0.1, -0.05) is 24.3 Å². The second kappa shape index (κ2) is 6.76. The Kier molecular flexibility index (Phi) is 5.32. The molecule has 5 nitrogen and oxygen atoms in total. The van der Waals surface area contributed by atoms with Gasteiger partial charge in [-0.3, -0.25) is 9.59 Å². The Hall–Kier alpha value is -1.88. The van der Waals surface area contributed by atoms with E-state index in [0.29, 0.717) is 6.54 Å². The normalized spacial score (nSPS) is 12.1. The van der Waals surface area contributed by atoms with Gasteiger partial charge in [0.2, 0.25) is 5.91 Å². The molecule has 1 amide bonds. The predicted molar refractivity (Wildman–Crippen MR) is 67.9 cm³/mol. The lowest BCUT2D eigenvalue weighted by Crippen LogP contribution is -2.30. The van der Waals surface area contributed by atoms with Gasteiger partial charge < -0.3 is 16.2 Å². The van der Waals surface area contributed by atoms with E-state index >= 15 is 0 Å². The van der Waals surface area contributed by atoms with Crippen molar-refractivity contribution in [2.45, 2.75) is 32.4 Å². The van der Waals surface area contributed by atoms with E-state index in [1.807, 2.05) is 25.1 Å². The molecule has 0 saturated carbocycles. The van der Waals surface area contributed by atoms with Crippen LogP contribution >= 0.6 is 0 Å². The van der Waals surface area contributed by atoms with Crippen LogP contribution in [0.5, 0.6) is 0 Å². The van der Waals surface area contributed by atoms with Crippen LogP contribution in [0.2, 0.25) is 0 Å². The van der Waals surface area contributed by atoms with Crippen LogP contribution in [0.3, 0.4) is 0 Å². The number of aliphatic carboxylic acids is 1. The van der Waals surface area contributed by atoms with Crippen LogP contribution in [0.15, 0.2) is 24.3 Å². The molecule has 1 unspecified atom stereocenters. The number of hydrogen-bond acceptors (Lipinski definition) is 3. The number of nitrogens with one attached hydrogen (secondary N) is 1. The smallest absolute Gasteiger partial charge is 0.307 e. The fourth-order valence-corrected chi connectivity index (χ4v) is 1.72. The standard InChI is InChI=1S/C13H18N2O3/c1-9(6-12(14)16)15-8-11-5-3-2-4-10(11)7-13(17)18/h2-5,9,15H,6-8H2,1H3,(H2,14,16)(H,17,18). The van der Waals surface area contributed by atoms with E-state index in [4.69, 9.17) is 10.8 Å². The van der Waals surface area contributed by atoms with Gasteiger partial charge in [-0.15, -0.1) is 0 Å². The summed E-state index contributed by atoms with van der Waals surface area (Å²) in [6, 6.07) is 7.32. The molecule has 0 radical (unpaired) electrons. The van der Waals surface area contributed by atoms with Crippen molar-refractivity contribution in [2.75, 3.05) is 0 Å². The second-order valence-corrected chi connectivity index (χ2v) is 4.29. The first-order chi connectivity index (χ1) is 8.49. The first kappa shape index (κ1) is 14.2. The van der Waals surface area contributed by atoms with Crippen molar-refractivity contribution in [3.05, 3.63) is 35.4 Å². The molecular formula is C13H18N2O3. The summed E-state index contributed by atoms with van der Waals surface area (Å²) < 4.78 is 0. The number of carbonyl (C=O) groups excluding carboxylic acids is 1. The third-order valence-corrected chi connectivity index (χ3v) is 2.61. The minimum absolute atomic E-state index is 0.00204. The average molecular weight is 250 g/mol. The molecule has 4 N–H and O–H groups in total. The maximum Gasteiger partial charge on any atom is 0.307 e. The zero-order chi connectivity index (χ0) is 13.5. The van der Waals surface area contributed by atoms with Gasteiger partial charge in [0, 0.05) is 19.0 Å². The van der Waals surface area contributed by atoms with Gasteiger partial charge in [0.1, 0.15) is 0 Å². The third-order valence-electron chi connectivity index (χ3n) is 2.61. The van der Waals surface area contributed by atoms with E-state index < -0.39 is 5.97 Å². The van der Waals surface area contributed by atoms with Gasteiger partial charge in [-0.25, -0.2) is 0 Å². The molecule has 0 aliphatic heterocycles. The lowest BCUT2D eigenvalue weighted by molar-refractivity contribution is -0.136. The molecule has 1 aromatic carbocycles. The monoisotopic (exact) mass is 250 g/mol. The lowest BCUT2D eigenvalue weighted by atomic mass is 10.0. The summed E-state index contributed by atoms with van der Waals surface area (Å²) in [6.07, 6.45) is 0.267. The van der Waals surface area contributed by atoms with Gasteiger partial charge in [0.25, 0.3) is 0 Å². The highest BCUT2D eigenvalue weighted by molar-refractivity contribution is 5.74. The molecule has 0 saturated heterocycles. The number of primary amides is 1. The van der Waals surface area contributed by atoms with Crippen molar-refractivity contribution in [3.63, 3.8) is 0 Å². The molecule has 0 aromatic heterocycles. The van der Waals surface area contributed by atoms with Crippen LogP contribution in [-0.2, 0) is 22.6 Å². The number of rotatable bonds is 7. The summed E-state index contributed by atoms with van der Waals surface area (Å²) in [7, 11) is 0. The van der Waals surface area contributed by atoms with Gasteiger partial charge in [0.05, 0.1) is 6.42 Å². The molecule has 0 aliphatic carbocycles. The van der Waals surface area contributed by atoms with Crippen molar-refractivity contribution >= 4 is 11.9 Å². The SMILES string of the molecule is CC(CC(N)=O)NCc1ccccc1CC(=O)O. The first-order valence-electron chi connectivity index (χ1n) is 5.79. The maximum atomic E-state index is 10.7. The summed E-state index contributed by atoms with van der Waals surface area (Å²) >= 11 is 0. The number of hydrogen-bond donors (Lipinski definition) is 3. The van der Waals surface area contributed by atoms with Crippen LogP contribution in [0.1, 0.15) is 24.5 Å². The number of benzene rings is 1. The average Bonchev–Trinajstić information content (AvgIpc) is 2.26. The van der Waals surface area contributed by atoms with Crippen molar-refractivity contribution in [3.8, 4) is 0 Å². The largest absolute Gasteiger partial charge is 0.481 e. The van der Waals surface area contributed by atoms with Crippen molar-refractivity contribution in [2.24, 2.45) is 5.73 Å². The minimum Gasteiger partial charge on any atom is -0.481 e. The van der Waals surface area contributed by atoms with Gasteiger partial charge in [-0.05, 0) is 18.1 Å². The minimum atomic E-state index is -0.854. The van der Waals surface area contributed by atoms with Crippen molar-refractivity contribution in [1.82, 2.24) is 5.32 Å². The molecule has 18 heavy (non-hydrogen) atoms. The Labute approximate surface area is 106 Å². The zero-order valence-electron chi connectivity index (χ0n) is 10.3. The van der Waals surface area contributed by atoms with E-state index in [9.17, 15) is 9.59 Å². The highest BCUT2D eigenvalue weighted by Gasteiger charge is 2.09. The Balaban J connectivity index is 2.61. The molecule has 5 heteroatoms. The second-order valence-electron chi connectivity index (χ2n) is 4.29. The number of carboxylic acid groups (broad SMARTS) is 1. The lowest BCUT2D eigenvalue weighted by Gasteiger charge is -2.14. The number of nitrogens with two attached hydrogens (primary N) is 1. The fourth-order valence-electron chi connectivity index (χ4n) is 1.72. The third kappa shape index (κ3) is 4.97. The highest BCUT2D eigenvalue weighted by Crippen LogP contribution is 2.10. The van der Waals surface area contributed by atoms with Crippen LogP contribution in [-0.4, -0.2) is 23.0 Å². The Bertz CT molecular complexity index is 432. The molecule has 0 heterocycles. The molecule has 1 aromatic rings. The molecule has 98 valence electrons. The van der Waals surface area contributed by atoms with E-state index in [1.54, 1.807) is 6.07 Å². The van der Waals surface area contributed by atoms with E-state index in [-0.39, 0.29) is 24.8 Å². The van der Waals surface area contributed by atoms with Gasteiger partial charge in [0.15, 0.2) is 0 Å². The Morgan fingerprint density at radius 2 is 1.94 bits per heavy atom. The van der Waals surface area contributed by atoms with Crippen LogP contribution in [0.25, 0.3) is 0 Å². The van der Waals surface area contributed by atoms with Crippen molar-refractivity contribution < 1.29 is 14.7 Å². The molecular weight excluding hydrogens is 232 g/mol. The van der Waals surface area contributed by atoms with Crippen LogP contribution < -0.4 is 11.1 Å². The summed E-state index contributed by atoms with van der Waals surface area (Å²) in [4.78, 5) is 21.5. The molecule has 1 atom stereocenters. The zero-order valence-corrected chi connectivity index (χ0v) is 10.3. The molecule has 0 fully saturated rings. The number of amides is 1. The topological polar surface area (TPSA) is 92.4 Å². The van der Waals surface area contributed by atoms with Gasteiger partial charge in [-0.2, -0.15) is 0 Å². The summed E-state index contributed by atoms with van der Waals surface area (Å²) in [5, 5.41) is 12.0. The number of carboxylic acids is 1. The summed E-state index contributed by atoms with van der Waals surface area (Å²) in [5.41, 5.74) is 6.81. The van der Waals surface area contributed by atoms with E-state index in [2.05, 4.69) is 5.32 Å². The molecule has 0 spiro atoms. The Morgan fingerprint density at radius 3 is 2.50 bits per heavy atom. The maximum absolute atomic E-state index is 10.7. The van der Waals surface area contributed by atoms with E-state index in [1.165, 1.54) is 0 Å². The van der Waals surface area contributed by atoms with Crippen LogP contribution in [0, 0.1) is 0 Å². The fraction of sp³-hybridized carbons (Fsp3) is 0.385. The Morgan fingerprint density at radius 1 is 1.33 bits per heavy atom. The highest BCUT2D eigenvalue weighted by atomic mass is 16.4. The van der Waals surface area contributed by atoms with Gasteiger partial charge >= 0.3 is 5.97 Å². The van der Waals surface area contributed by atoms with Crippen molar-refractivity contribution in [1.29, 1.82) is 0 Å². The molecule has 0 bridgehead atoms.